The van der Waals surface area contributed by atoms with Crippen LogP contribution in [0.15, 0.2) is 48.6 Å². The van der Waals surface area contributed by atoms with E-state index in [1.165, 1.54) is 66.2 Å². The van der Waals surface area contributed by atoms with E-state index in [0.29, 0.717) is 17.8 Å². The van der Waals surface area contributed by atoms with E-state index in [9.17, 15) is 38.4 Å². The predicted octanol–water partition coefficient (Wildman–Crippen LogP) is 5.42. The molecule has 0 radical (unpaired) electrons. The van der Waals surface area contributed by atoms with Crippen LogP contribution in [0.1, 0.15) is 119 Å². The number of ether oxygens (including phenoxy) is 5. The number of Topliss-reactive ketones (excluding diaryl/α,β-unsaturated/α-hetero) is 1. The summed E-state index contributed by atoms with van der Waals surface area (Å²) >= 11 is 0. The largest absolute Gasteiger partial charge is 2.00 e. The Morgan fingerprint density at radius 1 is 0.355 bits per heavy atom. The Morgan fingerprint density at radius 3 is 0.699 bits per heavy atom. The van der Waals surface area contributed by atoms with Crippen LogP contribution in [0.2, 0.25) is 0 Å². The standard InChI is InChI=1S/C12H14O7.3C7H13N.2C6H8O4.3C2H2O4.2C2H4O2.H2O.3Pt/c1-7(2)9(13)5-18-12(16)19-10(14)6-17-11(15)8(3)4;3*1-6-2-4-7(8)5-3-6;2*1-4(2)6(9)10-3-5(7)8;3*3-1(4)2(5)6;2*1-2(3)4;;;;/h1,3,5-6H2,2,4H3;3*6-8H,1-5H2;2*1,3H2,2H3,(H,7,8);3*(H,3,4)(H,5,6);2*1H3,(H,3,4);1H2;;;/q;3*-2;;;;;;;;;3*+2. The van der Waals surface area contributed by atoms with E-state index in [4.69, 9.17) is 107 Å². The third-order valence-electron chi connectivity index (χ3n) is 9.10. The van der Waals surface area contributed by atoms with Gasteiger partial charge in [0.1, 0.15) is 0 Å². The SMILES string of the molecule is C=C(C)C(=O)COC(=O)OC(=O)COC(=O)C(=C)C.C=C(C)C(=O)OCC(=O)O.C=C(C)C(=O)OCC(=O)O.CC(=O)O.CC(=O)O.O.O=C(O)C(=O)O.O=C(O)C(=O)O.O=C(O)C(=O)O.[CH2-]C1CCC([NH-])CC1.[CH2-]C1CCC([NH-])CC1.[CH2-]C1CCC([NH-])CC1.[Pt+2].[Pt+2].[Pt+2]. The smallest absolute Gasteiger partial charge is 0.675 e. The summed E-state index contributed by atoms with van der Waals surface area (Å²) in [5.74, 6) is -16.8. The molecule has 0 aromatic carbocycles. The van der Waals surface area contributed by atoms with Crippen molar-refractivity contribution in [2.75, 3.05) is 26.4 Å². The molecule has 0 aromatic rings. The van der Waals surface area contributed by atoms with Gasteiger partial charge in [-0.3, -0.25) is 14.4 Å². The molecule has 3 rings (SSSR count). The number of carboxylic acid groups (broad SMARTS) is 10. The van der Waals surface area contributed by atoms with Gasteiger partial charge in [0.2, 0.25) is 0 Å². The van der Waals surface area contributed by atoms with E-state index in [-0.39, 0.29) is 109 Å². The minimum absolute atomic E-state index is 0. The molecule has 38 heteroatoms. The van der Waals surface area contributed by atoms with Gasteiger partial charge in [-0.25, -0.2) is 62.3 Å². The molecule has 0 spiro atoms. The van der Waals surface area contributed by atoms with Gasteiger partial charge < -0.3 is 118 Å². The van der Waals surface area contributed by atoms with Crippen LogP contribution in [0.5, 0.6) is 0 Å². The summed E-state index contributed by atoms with van der Waals surface area (Å²) in [6, 6.07) is 0.689. The summed E-state index contributed by atoms with van der Waals surface area (Å²) in [6.45, 7) is 30.4. The van der Waals surface area contributed by atoms with Gasteiger partial charge in [-0.1, -0.05) is 103 Å². The third kappa shape index (κ3) is 104. The van der Waals surface area contributed by atoms with E-state index in [1.807, 2.05) is 0 Å². The molecule has 3 aliphatic rings. The quantitative estimate of drug-likeness (QED) is 0.0291. The van der Waals surface area contributed by atoms with Crippen molar-refractivity contribution in [2.24, 2.45) is 17.8 Å². The first kappa shape index (κ1) is 113. The van der Waals surface area contributed by atoms with Gasteiger partial charge in [-0.2, -0.15) is 17.8 Å². The Balaban J connectivity index is -0.0000000796. The van der Waals surface area contributed by atoms with E-state index < -0.39 is 122 Å². The summed E-state index contributed by atoms with van der Waals surface area (Å²) in [7, 11) is 0. The molecule has 0 unspecified atom stereocenters. The Kier molecular flexibility index (Phi) is 85.7. The van der Waals surface area contributed by atoms with Crippen LogP contribution in [-0.4, -0.2) is 197 Å². The first-order valence-corrected chi connectivity index (χ1v) is 25.4. The Hall–Kier alpha value is -7.42. The second-order valence-electron chi connectivity index (χ2n) is 18.1. The van der Waals surface area contributed by atoms with Gasteiger partial charge in [0.05, 0.1) is 0 Å². The maximum Gasteiger partial charge on any atom is 2.00 e. The third-order valence-corrected chi connectivity index (χ3v) is 9.10. The fourth-order valence-electron chi connectivity index (χ4n) is 4.64. The molecule has 0 saturated heterocycles. The van der Waals surface area contributed by atoms with E-state index in [1.54, 1.807) is 0 Å². The molecular weight excluding hydrogens is 1800 g/mol. The number of esters is 4. The molecule has 0 atom stereocenters. The number of rotatable bonds is 12. The van der Waals surface area contributed by atoms with Crippen LogP contribution in [0, 0.1) is 38.5 Å². The molecule has 0 aliphatic heterocycles. The maximum absolute atomic E-state index is 11.0. The number of carboxylic acids is 10. The number of aliphatic carboxylic acids is 10. The van der Waals surface area contributed by atoms with Crippen LogP contribution >= 0.6 is 0 Å². The van der Waals surface area contributed by atoms with Crippen LogP contribution < -0.4 is 0 Å². The fourth-order valence-corrected chi connectivity index (χ4v) is 4.64. The minimum Gasteiger partial charge on any atom is -0.675 e. The summed E-state index contributed by atoms with van der Waals surface area (Å²) in [6.07, 6.45) is 12.2. The van der Waals surface area contributed by atoms with Crippen molar-refractivity contribution in [3.8, 4) is 0 Å². The average molecular weight is 1890 g/mol. The first-order chi connectivity index (χ1) is 40.6. The van der Waals surface area contributed by atoms with Crippen molar-refractivity contribution in [3.05, 3.63) is 86.6 Å². The Morgan fingerprint density at radius 2 is 0.548 bits per heavy atom. The molecule has 3 aliphatic carbocycles. The molecule has 93 heavy (non-hydrogen) atoms. The zero-order valence-electron chi connectivity index (χ0n) is 51.7. The number of hydrogen-bond acceptors (Lipinski definition) is 21. The zero-order valence-corrected chi connectivity index (χ0v) is 58.5. The average Bonchev–Trinajstić information content (AvgIpc) is 3.66. The molecule has 0 heterocycles. The zero-order chi connectivity index (χ0) is 71.9. The number of carbonyl (C=O) groups excluding carboxylic acids is 6. The van der Waals surface area contributed by atoms with Crippen molar-refractivity contribution >= 4 is 95.5 Å². The van der Waals surface area contributed by atoms with Crippen molar-refractivity contribution < 1.29 is 220 Å². The molecule has 3 fully saturated rings. The minimum atomic E-state index is -1.82. The molecule has 0 aromatic heterocycles. The van der Waals surface area contributed by atoms with Crippen LogP contribution in [0.3, 0.4) is 0 Å². The second kappa shape index (κ2) is 70.5. The number of ketones is 1. The van der Waals surface area contributed by atoms with Gasteiger partial charge in [-0.05, 0) is 33.3 Å². The molecule has 3 saturated carbocycles. The Bertz CT molecular complexity index is 2070. The van der Waals surface area contributed by atoms with Crippen molar-refractivity contribution in [2.45, 2.75) is 137 Å². The van der Waals surface area contributed by atoms with E-state index >= 15 is 0 Å². The van der Waals surface area contributed by atoms with Gasteiger partial charge >= 0.3 is 141 Å². The van der Waals surface area contributed by atoms with Crippen molar-refractivity contribution in [3.63, 3.8) is 0 Å². The number of hydrogen-bond donors (Lipinski definition) is 10. The molecule has 0 bridgehead atoms. The summed E-state index contributed by atoms with van der Waals surface area (Å²) in [5, 5.41) is 75.3. The second-order valence-corrected chi connectivity index (χ2v) is 18.1. The van der Waals surface area contributed by atoms with Gasteiger partial charge in [-0.15, -0.1) is 18.1 Å². The molecule has 542 valence electrons. The summed E-state index contributed by atoms with van der Waals surface area (Å²) in [4.78, 5) is 157. The topological polar surface area (TPSA) is 624 Å². The molecule has 15 N–H and O–H groups in total. The molecule has 0 amide bonds. The van der Waals surface area contributed by atoms with E-state index in [2.05, 4.69) is 70.8 Å². The van der Waals surface area contributed by atoms with Crippen LogP contribution in [0.25, 0.3) is 17.2 Å². The van der Waals surface area contributed by atoms with Crippen molar-refractivity contribution in [1.82, 2.24) is 0 Å². The van der Waals surface area contributed by atoms with Gasteiger partial charge in [0.15, 0.2) is 32.2 Å². The number of carbonyl (C=O) groups is 16. The Labute approximate surface area is 579 Å². The van der Waals surface area contributed by atoms with Crippen LogP contribution in [-0.2, 0) is 159 Å². The molecule has 35 nitrogen and oxygen atoms in total. The molecular formula is C55H85N3O32Pt3. The monoisotopic (exact) mass is 1880 g/mol. The van der Waals surface area contributed by atoms with Gasteiger partial charge in [0, 0.05) is 30.6 Å². The maximum atomic E-state index is 11.0. The summed E-state index contributed by atoms with van der Waals surface area (Å²) < 4.78 is 21.3. The number of nitrogens with one attached hydrogen (secondary N) is 3. The normalized spacial score (nSPS) is 15.9. The van der Waals surface area contributed by atoms with E-state index in [0.717, 1.165) is 52.4 Å². The summed E-state index contributed by atoms with van der Waals surface area (Å²) in [5.41, 5.74) is 22.7. The predicted molar refractivity (Wildman–Crippen MR) is 312 cm³/mol. The van der Waals surface area contributed by atoms with Crippen molar-refractivity contribution in [1.29, 1.82) is 0 Å². The van der Waals surface area contributed by atoms with Crippen LogP contribution in [0.4, 0.5) is 4.79 Å². The van der Waals surface area contributed by atoms with Gasteiger partial charge in [0.25, 0.3) is 11.9 Å². The first-order valence-electron chi connectivity index (χ1n) is 25.4. The fraction of sp³-hybridized carbons (Fsp3) is 0.509.